The van der Waals surface area contributed by atoms with Crippen LogP contribution in [0.2, 0.25) is 0 Å². The fraction of sp³-hybridized carbons (Fsp3) is 1.00. The van der Waals surface area contributed by atoms with Crippen LogP contribution >= 0.6 is 0 Å². The van der Waals surface area contributed by atoms with Gasteiger partial charge >= 0.3 is 0 Å². The number of hydrogen-bond donors (Lipinski definition) is 0. The average molecular weight is 301 g/mol. The van der Waals surface area contributed by atoms with Crippen molar-refractivity contribution in [3.05, 3.63) is 10.4 Å². The maximum absolute atomic E-state index is 8.85. The van der Waals surface area contributed by atoms with E-state index in [9.17, 15) is 0 Å². The maximum Gasteiger partial charge on any atom is 0.0379 e. The van der Waals surface area contributed by atoms with Gasteiger partial charge in [-0.05, 0) is 97.8 Å². The summed E-state index contributed by atoms with van der Waals surface area (Å²) in [5, 5.41) is 4.12. The van der Waals surface area contributed by atoms with E-state index < -0.39 is 0 Å². The first-order valence-electron chi connectivity index (χ1n) is 9.61. The SMILES string of the molecule is CC12CCCC1C1CCC3CC[C@@H](N=[N+]=[N-])CC3(C)C1CC2. The van der Waals surface area contributed by atoms with Crippen molar-refractivity contribution < 1.29 is 0 Å². The van der Waals surface area contributed by atoms with Crippen molar-refractivity contribution in [1.82, 2.24) is 0 Å². The minimum Gasteiger partial charge on any atom is -0.0906 e. The van der Waals surface area contributed by atoms with Crippen LogP contribution in [0.4, 0.5) is 0 Å². The maximum atomic E-state index is 8.85. The molecule has 0 aromatic carbocycles. The lowest BCUT2D eigenvalue weighted by Crippen LogP contribution is -2.53. The molecule has 4 aliphatic rings. The van der Waals surface area contributed by atoms with Crippen LogP contribution in [-0.2, 0) is 0 Å². The van der Waals surface area contributed by atoms with E-state index in [-0.39, 0.29) is 6.04 Å². The minimum absolute atomic E-state index is 0.266. The normalized spacial score (nSPS) is 53.8. The monoisotopic (exact) mass is 301 g/mol. The standard InChI is InChI=1S/C19H31N3/c1-18-10-3-4-16(18)15-8-6-13-5-7-14(21-22-20)12-19(13,2)17(15)9-11-18/h13-17H,3-12H2,1-2H3/t13?,14-,15?,16?,17?,18?,19?/m1/s1. The van der Waals surface area contributed by atoms with E-state index in [0.29, 0.717) is 10.8 Å². The van der Waals surface area contributed by atoms with Gasteiger partial charge in [-0.1, -0.05) is 25.4 Å². The Labute approximate surface area is 134 Å². The Kier molecular flexibility index (Phi) is 3.49. The highest BCUT2D eigenvalue weighted by molar-refractivity contribution is 5.08. The molecule has 0 bridgehead atoms. The summed E-state index contributed by atoms with van der Waals surface area (Å²) in [7, 11) is 0. The third-order valence-corrected chi connectivity index (χ3v) is 8.59. The topological polar surface area (TPSA) is 48.8 Å². The Morgan fingerprint density at radius 1 is 0.955 bits per heavy atom. The van der Waals surface area contributed by atoms with Crippen LogP contribution in [0.25, 0.3) is 10.4 Å². The Bertz CT molecular complexity index is 497. The number of azide groups is 1. The van der Waals surface area contributed by atoms with Gasteiger partial charge in [-0.3, -0.25) is 0 Å². The highest BCUT2D eigenvalue weighted by Crippen LogP contribution is 2.66. The van der Waals surface area contributed by atoms with Crippen molar-refractivity contribution in [2.24, 2.45) is 39.6 Å². The summed E-state index contributed by atoms with van der Waals surface area (Å²) in [5.74, 6) is 3.75. The first-order valence-corrected chi connectivity index (χ1v) is 9.61. The zero-order valence-electron chi connectivity index (χ0n) is 14.3. The smallest absolute Gasteiger partial charge is 0.0379 e. The van der Waals surface area contributed by atoms with Crippen molar-refractivity contribution in [1.29, 1.82) is 0 Å². The zero-order valence-corrected chi connectivity index (χ0v) is 14.3. The predicted octanol–water partition coefficient (Wildman–Crippen LogP) is 6.10. The molecule has 22 heavy (non-hydrogen) atoms. The lowest BCUT2D eigenvalue weighted by atomic mass is 9.45. The zero-order chi connectivity index (χ0) is 15.4. The van der Waals surface area contributed by atoms with Crippen molar-refractivity contribution in [2.75, 3.05) is 0 Å². The molecular weight excluding hydrogens is 270 g/mol. The molecular formula is C19H31N3. The van der Waals surface area contributed by atoms with Crippen molar-refractivity contribution >= 4 is 0 Å². The lowest BCUT2D eigenvalue weighted by molar-refractivity contribution is -0.106. The molecule has 4 fully saturated rings. The number of rotatable bonds is 1. The number of hydrogen-bond acceptors (Lipinski definition) is 1. The summed E-state index contributed by atoms with van der Waals surface area (Å²) in [6.45, 7) is 5.14. The molecule has 3 nitrogen and oxygen atoms in total. The van der Waals surface area contributed by atoms with Crippen LogP contribution in [0.1, 0.15) is 78.1 Å². The second-order valence-electron chi connectivity index (χ2n) is 9.38. The Balaban J connectivity index is 1.62. The van der Waals surface area contributed by atoms with E-state index in [1.807, 2.05) is 0 Å². The summed E-state index contributed by atoms with van der Waals surface area (Å²) in [5.41, 5.74) is 9.95. The Morgan fingerprint density at radius 2 is 1.77 bits per heavy atom. The van der Waals surface area contributed by atoms with Crippen LogP contribution in [0.5, 0.6) is 0 Å². The van der Waals surface area contributed by atoms with Gasteiger partial charge in [-0.25, -0.2) is 0 Å². The summed E-state index contributed by atoms with van der Waals surface area (Å²) in [4.78, 5) is 3.12. The van der Waals surface area contributed by atoms with E-state index >= 15 is 0 Å². The Morgan fingerprint density at radius 3 is 2.59 bits per heavy atom. The predicted molar refractivity (Wildman–Crippen MR) is 89.3 cm³/mol. The largest absolute Gasteiger partial charge is 0.0906 e. The van der Waals surface area contributed by atoms with Gasteiger partial charge in [0.05, 0.1) is 0 Å². The van der Waals surface area contributed by atoms with Gasteiger partial charge in [0.25, 0.3) is 0 Å². The third kappa shape index (κ3) is 2.04. The van der Waals surface area contributed by atoms with Crippen molar-refractivity contribution in [2.45, 2.75) is 84.1 Å². The fourth-order valence-corrected chi connectivity index (χ4v) is 7.50. The van der Waals surface area contributed by atoms with Gasteiger partial charge in [0.1, 0.15) is 0 Å². The van der Waals surface area contributed by atoms with E-state index in [0.717, 1.165) is 36.5 Å². The molecule has 0 saturated heterocycles. The molecule has 7 atom stereocenters. The van der Waals surface area contributed by atoms with Gasteiger partial charge in [0.15, 0.2) is 0 Å². The molecule has 4 aliphatic carbocycles. The van der Waals surface area contributed by atoms with Crippen LogP contribution in [0.3, 0.4) is 0 Å². The molecule has 4 rings (SSSR count). The second-order valence-corrected chi connectivity index (χ2v) is 9.38. The van der Waals surface area contributed by atoms with Gasteiger partial charge in [-0.15, -0.1) is 0 Å². The summed E-state index contributed by atoms with van der Waals surface area (Å²) in [6.07, 6.45) is 13.8. The van der Waals surface area contributed by atoms with Gasteiger partial charge in [-0.2, -0.15) is 0 Å². The quantitative estimate of drug-likeness (QED) is 0.319. The van der Waals surface area contributed by atoms with Crippen LogP contribution in [-0.4, -0.2) is 6.04 Å². The molecule has 0 aromatic rings. The van der Waals surface area contributed by atoms with Gasteiger partial charge in [0.2, 0.25) is 0 Å². The van der Waals surface area contributed by atoms with Gasteiger partial charge < -0.3 is 0 Å². The van der Waals surface area contributed by atoms with Crippen LogP contribution in [0, 0.1) is 34.5 Å². The highest BCUT2D eigenvalue weighted by atomic mass is 15.1. The van der Waals surface area contributed by atoms with E-state index in [4.69, 9.17) is 5.53 Å². The van der Waals surface area contributed by atoms with Crippen LogP contribution < -0.4 is 0 Å². The Hall–Kier alpha value is -0.690. The molecule has 4 saturated carbocycles. The van der Waals surface area contributed by atoms with Crippen LogP contribution in [0.15, 0.2) is 5.11 Å². The first kappa shape index (κ1) is 14.9. The molecule has 0 radical (unpaired) electrons. The molecule has 6 unspecified atom stereocenters. The molecule has 0 aliphatic heterocycles. The van der Waals surface area contributed by atoms with Crippen molar-refractivity contribution in [3.8, 4) is 0 Å². The average Bonchev–Trinajstić information content (AvgIpc) is 2.88. The van der Waals surface area contributed by atoms with Gasteiger partial charge in [0, 0.05) is 11.0 Å². The van der Waals surface area contributed by atoms with E-state index in [1.54, 1.807) is 0 Å². The lowest BCUT2D eigenvalue weighted by Gasteiger charge is -2.60. The molecule has 0 heterocycles. The molecule has 0 spiro atoms. The third-order valence-electron chi connectivity index (χ3n) is 8.59. The summed E-state index contributed by atoms with van der Waals surface area (Å²) in [6, 6.07) is 0.266. The molecule has 0 amide bonds. The number of fused-ring (bicyclic) bond motifs is 5. The molecule has 0 N–H and O–H groups in total. The summed E-state index contributed by atoms with van der Waals surface area (Å²) < 4.78 is 0. The highest BCUT2D eigenvalue weighted by Gasteiger charge is 2.57. The number of nitrogens with zero attached hydrogens (tertiary/aromatic N) is 3. The van der Waals surface area contributed by atoms with E-state index in [2.05, 4.69) is 23.9 Å². The second kappa shape index (κ2) is 5.16. The molecule has 0 aromatic heterocycles. The fourth-order valence-electron chi connectivity index (χ4n) is 7.50. The summed E-state index contributed by atoms with van der Waals surface area (Å²) >= 11 is 0. The first-order chi connectivity index (χ1) is 10.6. The molecule has 122 valence electrons. The molecule has 3 heteroatoms. The van der Waals surface area contributed by atoms with E-state index in [1.165, 1.54) is 51.4 Å². The van der Waals surface area contributed by atoms with Crippen molar-refractivity contribution in [3.63, 3.8) is 0 Å². The minimum atomic E-state index is 0.266.